The summed E-state index contributed by atoms with van der Waals surface area (Å²) in [4.78, 5) is 23.5. The van der Waals surface area contributed by atoms with E-state index in [1.165, 1.54) is 0 Å². The zero-order chi connectivity index (χ0) is 15.4. The molecule has 0 bridgehead atoms. The summed E-state index contributed by atoms with van der Waals surface area (Å²) >= 11 is 0. The van der Waals surface area contributed by atoms with E-state index in [0.717, 1.165) is 10.8 Å². The lowest BCUT2D eigenvalue weighted by Gasteiger charge is -2.20. The molecule has 2 N–H and O–H groups in total. The van der Waals surface area contributed by atoms with E-state index >= 15 is 0 Å². The molecule has 0 unspecified atom stereocenters. The van der Waals surface area contributed by atoms with Crippen LogP contribution in [-0.4, -0.2) is 23.0 Å². The number of carboxylic acids is 1. The molecule has 4 heteroatoms. The van der Waals surface area contributed by atoms with E-state index in [2.05, 4.69) is 5.32 Å². The number of fused-ring (bicyclic) bond motifs is 1. The van der Waals surface area contributed by atoms with E-state index < -0.39 is 12.0 Å². The summed E-state index contributed by atoms with van der Waals surface area (Å²) in [6, 6.07) is 12.2. The van der Waals surface area contributed by atoms with Gasteiger partial charge in [0.25, 0.3) is 5.91 Å². The third-order valence-electron chi connectivity index (χ3n) is 3.78. The average Bonchev–Trinajstić information content (AvgIpc) is 2.50. The van der Waals surface area contributed by atoms with Gasteiger partial charge in [-0.05, 0) is 28.8 Å². The van der Waals surface area contributed by atoms with Gasteiger partial charge in [0, 0.05) is 5.56 Å². The third-order valence-corrected chi connectivity index (χ3v) is 3.78. The molecule has 21 heavy (non-hydrogen) atoms. The second kappa shape index (κ2) is 6.39. The average molecular weight is 285 g/mol. The van der Waals surface area contributed by atoms with Gasteiger partial charge in [-0.15, -0.1) is 0 Å². The Morgan fingerprint density at radius 2 is 1.81 bits per heavy atom. The van der Waals surface area contributed by atoms with E-state index in [1.54, 1.807) is 12.1 Å². The molecule has 1 amide bonds. The second-order valence-corrected chi connectivity index (χ2v) is 5.24. The minimum absolute atomic E-state index is 0.119. The summed E-state index contributed by atoms with van der Waals surface area (Å²) in [6.07, 6.45) is 0.689. The van der Waals surface area contributed by atoms with Crippen molar-refractivity contribution in [2.45, 2.75) is 26.3 Å². The highest BCUT2D eigenvalue weighted by molar-refractivity contribution is 6.00. The highest BCUT2D eigenvalue weighted by Gasteiger charge is 2.25. The number of hydrogen-bond acceptors (Lipinski definition) is 2. The lowest BCUT2D eigenvalue weighted by Crippen LogP contribution is -2.45. The predicted octanol–water partition coefficient (Wildman–Crippen LogP) is 3.07. The van der Waals surface area contributed by atoms with Gasteiger partial charge in [0.1, 0.15) is 6.04 Å². The molecule has 110 valence electrons. The Hall–Kier alpha value is -2.36. The molecule has 2 aromatic rings. The topological polar surface area (TPSA) is 66.4 Å². The fourth-order valence-corrected chi connectivity index (χ4v) is 2.24. The van der Waals surface area contributed by atoms with Crippen molar-refractivity contribution in [3.05, 3.63) is 48.0 Å². The molecule has 0 saturated carbocycles. The quantitative estimate of drug-likeness (QED) is 0.887. The molecule has 0 aliphatic carbocycles. The van der Waals surface area contributed by atoms with Crippen LogP contribution in [0.15, 0.2) is 42.5 Å². The highest BCUT2D eigenvalue weighted by atomic mass is 16.4. The minimum Gasteiger partial charge on any atom is -0.480 e. The summed E-state index contributed by atoms with van der Waals surface area (Å²) in [7, 11) is 0. The van der Waals surface area contributed by atoms with Crippen molar-refractivity contribution in [1.82, 2.24) is 5.32 Å². The molecule has 2 rings (SSSR count). The van der Waals surface area contributed by atoms with Crippen LogP contribution in [0.2, 0.25) is 0 Å². The van der Waals surface area contributed by atoms with Crippen molar-refractivity contribution in [3.8, 4) is 0 Å². The summed E-state index contributed by atoms with van der Waals surface area (Å²) in [5.41, 5.74) is 0.475. The first-order chi connectivity index (χ1) is 10.0. The van der Waals surface area contributed by atoms with Crippen LogP contribution in [0.4, 0.5) is 0 Å². The fourth-order valence-electron chi connectivity index (χ4n) is 2.24. The van der Waals surface area contributed by atoms with Gasteiger partial charge in [-0.2, -0.15) is 0 Å². The Kier molecular flexibility index (Phi) is 4.58. The Morgan fingerprint density at radius 1 is 1.14 bits per heavy atom. The van der Waals surface area contributed by atoms with Crippen LogP contribution in [0.5, 0.6) is 0 Å². The van der Waals surface area contributed by atoms with Crippen molar-refractivity contribution in [2.24, 2.45) is 5.92 Å². The molecule has 0 radical (unpaired) electrons. The number of amides is 1. The fraction of sp³-hybridized carbons (Fsp3) is 0.294. The van der Waals surface area contributed by atoms with Gasteiger partial charge in [-0.3, -0.25) is 4.79 Å². The van der Waals surface area contributed by atoms with Crippen LogP contribution in [-0.2, 0) is 4.79 Å². The molecular formula is C17H19NO3. The molecule has 0 saturated heterocycles. The lowest BCUT2D eigenvalue weighted by atomic mass is 9.98. The molecule has 4 nitrogen and oxygen atoms in total. The van der Waals surface area contributed by atoms with Gasteiger partial charge < -0.3 is 10.4 Å². The molecule has 0 aliphatic heterocycles. The number of carbonyl (C=O) groups is 2. The molecule has 2 atom stereocenters. The summed E-state index contributed by atoms with van der Waals surface area (Å²) in [6.45, 7) is 3.72. The van der Waals surface area contributed by atoms with Gasteiger partial charge in [-0.1, -0.05) is 50.6 Å². The number of hydrogen-bond donors (Lipinski definition) is 2. The van der Waals surface area contributed by atoms with E-state index in [0.29, 0.717) is 12.0 Å². The number of carbonyl (C=O) groups excluding carboxylic acids is 1. The van der Waals surface area contributed by atoms with Gasteiger partial charge in [0.2, 0.25) is 0 Å². The van der Waals surface area contributed by atoms with Crippen LogP contribution in [0.25, 0.3) is 10.8 Å². The van der Waals surface area contributed by atoms with E-state index in [1.807, 2.05) is 44.2 Å². The van der Waals surface area contributed by atoms with Gasteiger partial charge >= 0.3 is 5.97 Å². The summed E-state index contributed by atoms with van der Waals surface area (Å²) < 4.78 is 0. The molecule has 2 aromatic carbocycles. The van der Waals surface area contributed by atoms with Gasteiger partial charge in [0.05, 0.1) is 0 Å². The second-order valence-electron chi connectivity index (χ2n) is 5.24. The molecule has 0 spiro atoms. The maximum absolute atomic E-state index is 12.2. The van der Waals surface area contributed by atoms with Gasteiger partial charge in [-0.25, -0.2) is 4.79 Å². The number of carboxylic acid groups (broad SMARTS) is 1. The standard InChI is InChI=1S/C17H19NO3/c1-3-11(2)15(17(20)21)18-16(19)14-9-8-12-6-4-5-7-13(12)10-14/h4-11,15H,3H2,1-2H3,(H,18,19)(H,20,21)/t11-,15+/m0/s1. The molecule has 0 heterocycles. The zero-order valence-corrected chi connectivity index (χ0v) is 12.2. The Bertz CT molecular complexity index is 666. The van der Waals surface area contributed by atoms with E-state index in [-0.39, 0.29) is 11.8 Å². The normalized spacial score (nSPS) is 13.6. The van der Waals surface area contributed by atoms with Crippen LogP contribution in [0.3, 0.4) is 0 Å². The highest BCUT2D eigenvalue weighted by Crippen LogP contribution is 2.16. The van der Waals surface area contributed by atoms with Crippen molar-refractivity contribution in [1.29, 1.82) is 0 Å². The van der Waals surface area contributed by atoms with Crippen LogP contribution in [0, 0.1) is 5.92 Å². The maximum atomic E-state index is 12.2. The predicted molar refractivity (Wildman–Crippen MR) is 82.3 cm³/mol. The van der Waals surface area contributed by atoms with Crippen LogP contribution >= 0.6 is 0 Å². The lowest BCUT2D eigenvalue weighted by molar-refractivity contribution is -0.140. The Labute approximate surface area is 123 Å². The molecule has 0 aromatic heterocycles. The number of nitrogens with one attached hydrogen (secondary N) is 1. The van der Waals surface area contributed by atoms with Crippen molar-refractivity contribution in [2.75, 3.05) is 0 Å². The van der Waals surface area contributed by atoms with Crippen molar-refractivity contribution >= 4 is 22.6 Å². The van der Waals surface area contributed by atoms with Crippen LogP contribution in [0.1, 0.15) is 30.6 Å². The van der Waals surface area contributed by atoms with E-state index in [9.17, 15) is 14.7 Å². The summed E-state index contributed by atoms with van der Waals surface area (Å²) in [5.74, 6) is -1.47. The van der Waals surface area contributed by atoms with Gasteiger partial charge in [0.15, 0.2) is 0 Å². The van der Waals surface area contributed by atoms with Crippen LogP contribution < -0.4 is 5.32 Å². The summed E-state index contributed by atoms with van der Waals surface area (Å²) in [5, 5.41) is 13.8. The number of benzene rings is 2. The SMILES string of the molecule is CC[C@H](C)[C@@H](NC(=O)c1ccc2ccccc2c1)C(=O)O. The monoisotopic (exact) mass is 285 g/mol. The third kappa shape index (κ3) is 3.40. The molecular weight excluding hydrogens is 266 g/mol. The number of aliphatic carboxylic acids is 1. The zero-order valence-electron chi connectivity index (χ0n) is 12.2. The van der Waals surface area contributed by atoms with Crippen molar-refractivity contribution < 1.29 is 14.7 Å². The smallest absolute Gasteiger partial charge is 0.326 e. The first kappa shape index (κ1) is 15.0. The first-order valence-electron chi connectivity index (χ1n) is 7.05. The number of rotatable bonds is 5. The maximum Gasteiger partial charge on any atom is 0.326 e. The Morgan fingerprint density at radius 3 is 2.43 bits per heavy atom. The molecule has 0 aliphatic rings. The van der Waals surface area contributed by atoms with E-state index in [4.69, 9.17) is 0 Å². The minimum atomic E-state index is -1.00. The molecule has 0 fully saturated rings. The largest absolute Gasteiger partial charge is 0.480 e. The van der Waals surface area contributed by atoms with Crippen molar-refractivity contribution in [3.63, 3.8) is 0 Å². The first-order valence-corrected chi connectivity index (χ1v) is 7.05. The Balaban J connectivity index is 2.23.